The number of para-hydroxylation sites is 1. The number of hydrazone groups is 1. The topological polar surface area (TPSA) is 77.2 Å². The van der Waals surface area contributed by atoms with Crippen molar-refractivity contribution in [2.24, 2.45) is 10.9 Å². The van der Waals surface area contributed by atoms with Crippen molar-refractivity contribution in [2.75, 3.05) is 13.2 Å². The lowest BCUT2D eigenvalue weighted by Gasteiger charge is -2.19. The van der Waals surface area contributed by atoms with E-state index in [-0.39, 0.29) is 25.0 Å². The lowest BCUT2D eigenvalue weighted by molar-refractivity contribution is -0.142. The van der Waals surface area contributed by atoms with Gasteiger partial charge in [0.25, 0.3) is 0 Å². The number of hydrazine groups is 1. The Kier molecular flexibility index (Phi) is 8.70. The average molecular weight is 347 g/mol. The van der Waals surface area contributed by atoms with Gasteiger partial charge < -0.3 is 9.47 Å². The number of nitrogens with two attached hydrogens (primary N) is 1. The van der Waals surface area contributed by atoms with E-state index in [0.29, 0.717) is 18.8 Å². The summed E-state index contributed by atoms with van der Waals surface area (Å²) in [6.45, 7) is 12.0. The van der Waals surface area contributed by atoms with Crippen molar-refractivity contribution < 1.29 is 14.3 Å². The third-order valence-corrected chi connectivity index (χ3v) is 3.48. The van der Waals surface area contributed by atoms with Crippen LogP contribution in [0.15, 0.2) is 36.0 Å². The Hall–Kier alpha value is -2.34. The van der Waals surface area contributed by atoms with Crippen LogP contribution in [0, 0.1) is 6.92 Å². The summed E-state index contributed by atoms with van der Waals surface area (Å²) < 4.78 is 11.0. The van der Waals surface area contributed by atoms with Crippen LogP contribution in [0.1, 0.15) is 38.3 Å². The second-order valence-electron chi connectivity index (χ2n) is 5.97. The molecular formula is C19H29N3O3. The number of nitrogens with zero attached hydrogens (tertiary/aromatic N) is 2. The van der Waals surface area contributed by atoms with Gasteiger partial charge in [0, 0.05) is 12.0 Å². The van der Waals surface area contributed by atoms with Gasteiger partial charge in [-0.05, 0) is 33.3 Å². The van der Waals surface area contributed by atoms with E-state index >= 15 is 0 Å². The van der Waals surface area contributed by atoms with E-state index in [0.717, 1.165) is 16.8 Å². The molecule has 0 aliphatic rings. The van der Waals surface area contributed by atoms with Crippen LogP contribution >= 0.6 is 0 Å². The number of hydrogen-bond acceptors (Lipinski definition) is 6. The summed E-state index contributed by atoms with van der Waals surface area (Å²) in [4.78, 5) is 11.8. The van der Waals surface area contributed by atoms with E-state index in [2.05, 4.69) is 11.7 Å². The predicted molar refractivity (Wildman–Crippen MR) is 100 cm³/mol. The highest BCUT2D eigenvalue weighted by molar-refractivity contribution is 5.87. The molecule has 6 nitrogen and oxygen atoms in total. The van der Waals surface area contributed by atoms with Crippen LogP contribution in [0.25, 0.3) is 0 Å². The maximum atomic E-state index is 11.8. The highest BCUT2D eigenvalue weighted by Crippen LogP contribution is 2.24. The Labute approximate surface area is 150 Å². The normalized spacial score (nSPS) is 11.4. The van der Waals surface area contributed by atoms with Crippen LogP contribution in [-0.4, -0.2) is 36.1 Å². The van der Waals surface area contributed by atoms with Crippen LogP contribution in [0.5, 0.6) is 5.75 Å². The van der Waals surface area contributed by atoms with Crippen LogP contribution < -0.4 is 10.6 Å². The number of esters is 1. The van der Waals surface area contributed by atoms with Crippen molar-refractivity contribution in [2.45, 2.75) is 46.6 Å². The molecule has 0 aliphatic carbocycles. The predicted octanol–water partition coefficient (Wildman–Crippen LogP) is 3.00. The van der Waals surface area contributed by atoms with Gasteiger partial charge in [0.2, 0.25) is 0 Å². The minimum Gasteiger partial charge on any atom is -0.487 e. The van der Waals surface area contributed by atoms with Gasteiger partial charge in [-0.25, -0.2) is 11.0 Å². The Bertz CT molecular complexity index is 612. The molecule has 6 heteroatoms. The van der Waals surface area contributed by atoms with Crippen LogP contribution in [-0.2, 0) is 16.0 Å². The molecule has 0 heterocycles. The molecule has 0 fully saturated rings. The summed E-state index contributed by atoms with van der Waals surface area (Å²) >= 11 is 0. The van der Waals surface area contributed by atoms with Crippen LogP contribution in [0.2, 0.25) is 0 Å². The molecule has 1 rings (SSSR count). The van der Waals surface area contributed by atoms with Crippen molar-refractivity contribution in [1.82, 2.24) is 5.12 Å². The van der Waals surface area contributed by atoms with Crippen molar-refractivity contribution >= 4 is 11.7 Å². The zero-order valence-electron chi connectivity index (χ0n) is 15.6. The lowest BCUT2D eigenvalue weighted by Crippen LogP contribution is -2.34. The first-order valence-corrected chi connectivity index (χ1v) is 8.47. The number of ether oxygens (including phenoxy) is 2. The first-order valence-electron chi connectivity index (χ1n) is 8.47. The maximum absolute atomic E-state index is 11.8. The van der Waals surface area contributed by atoms with E-state index in [1.165, 1.54) is 5.12 Å². The molecule has 0 saturated carbocycles. The summed E-state index contributed by atoms with van der Waals surface area (Å²) in [5, 5.41) is 5.77. The monoisotopic (exact) mass is 347 g/mol. The zero-order valence-corrected chi connectivity index (χ0v) is 15.6. The fraction of sp³-hybridized carbons (Fsp3) is 0.474. The molecule has 25 heavy (non-hydrogen) atoms. The van der Waals surface area contributed by atoms with Gasteiger partial charge in [-0.2, -0.15) is 5.10 Å². The number of rotatable bonds is 10. The maximum Gasteiger partial charge on any atom is 0.310 e. The van der Waals surface area contributed by atoms with Gasteiger partial charge in [-0.1, -0.05) is 24.3 Å². The summed E-state index contributed by atoms with van der Waals surface area (Å²) in [5.74, 6) is 6.28. The lowest BCUT2D eigenvalue weighted by atomic mass is 10.1. The van der Waals surface area contributed by atoms with Gasteiger partial charge >= 0.3 is 5.97 Å². The number of carbonyl (C=O) groups is 1. The van der Waals surface area contributed by atoms with Gasteiger partial charge in [-0.15, -0.1) is 6.58 Å². The summed E-state index contributed by atoms with van der Waals surface area (Å²) in [6.07, 6.45) is 2.50. The first kappa shape index (κ1) is 20.7. The van der Waals surface area contributed by atoms with Crippen molar-refractivity contribution in [1.29, 1.82) is 0 Å². The van der Waals surface area contributed by atoms with Gasteiger partial charge in [-0.3, -0.25) is 4.79 Å². The van der Waals surface area contributed by atoms with Gasteiger partial charge in [0.1, 0.15) is 12.4 Å². The molecule has 0 atom stereocenters. The third kappa shape index (κ3) is 6.97. The fourth-order valence-corrected chi connectivity index (χ4v) is 2.16. The molecule has 1 aromatic rings. The number of aryl methyl sites for hydroxylation is 1. The number of hydrogen-bond donors (Lipinski definition) is 1. The molecule has 0 unspecified atom stereocenters. The van der Waals surface area contributed by atoms with Crippen molar-refractivity contribution in [3.05, 3.63) is 42.0 Å². The largest absolute Gasteiger partial charge is 0.487 e. The van der Waals surface area contributed by atoms with E-state index in [1.807, 2.05) is 39.0 Å². The first-order chi connectivity index (χ1) is 11.9. The quantitative estimate of drug-likeness (QED) is 0.231. The van der Waals surface area contributed by atoms with E-state index in [9.17, 15) is 4.79 Å². The highest BCUT2D eigenvalue weighted by atomic mass is 16.5. The SMILES string of the molecule is C=CC/C(COc1c(C)cccc1CC(=O)OCC)=N\N(N)C(C)C. The van der Waals surface area contributed by atoms with E-state index in [1.54, 1.807) is 13.0 Å². The standard InChI is InChI=1S/C19H29N3O3/c1-6-9-17(21-22(20)14(3)4)13-25-19-15(5)10-8-11-16(19)12-18(23)24-7-2/h6,8,10-11,14H,1,7,9,12-13,20H2,2-5H3/b21-17+. The fourth-order valence-electron chi connectivity index (χ4n) is 2.16. The van der Waals surface area contributed by atoms with Crippen LogP contribution in [0.3, 0.4) is 0 Å². The molecule has 0 spiro atoms. The molecule has 2 N–H and O–H groups in total. The van der Waals surface area contributed by atoms with Crippen molar-refractivity contribution in [3.8, 4) is 5.75 Å². The Morgan fingerprint density at radius 3 is 2.76 bits per heavy atom. The van der Waals surface area contributed by atoms with Crippen molar-refractivity contribution in [3.63, 3.8) is 0 Å². The molecule has 0 bridgehead atoms. The molecular weight excluding hydrogens is 318 g/mol. The molecule has 0 amide bonds. The molecule has 0 saturated heterocycles. The zero-order chi connectivity index (χ0) is 18.8. The third-order valence-electron chi connectivity index (χ3n) is 3.48. The average Bonchev–Trinajstić information content (AvgIpc) is 2.54. The number of allylic oxidation sites excluding steroid dienone is 1. The van der Waals surface area contributed by atoms with Gasteiger partial charge in [0.15, 0.2) is 0 Å². The molecule has 1 aromatic carbocycles. The summed E-state index contributed by atoms with van der Waals surface area (Å²) in [6, 6.07) is 5.79. The summed E-state index contributed by atoms with van der Waals surface area (Å²) in [7, 11) is 0. The van der Waals surface area contributed by atoms with E-state index in [4.69, 9.17) is 15.3 Å². The Balaban J connectivity index is 2.93. The van der Waals surface area contributed by atoms with Crippen LogP contribution in [0.4, 0.5) is 0 Å². The second-order valence-corrected chi connectivity index (χ2v) is 5.97. The number of carbonyl (C=O) groups excluding carboxylic acids is 1. The Morgan fingerprint density at radius 1 is 1.44 bits per heavy atom. The van der Waals surface area contributed by atoms with E-state index < -0.39 is 0 Å². The molecule has 0 aromatic heterocycles. The molecule has 138 valence electrons. The second kappa shape index (κ2) is 10.5. The molecule has 0 radical (unpaired) electrons. The summed E-state index contributed by atoms with van der Waals surface area (Å²) in [5.41, 5.74) is 2.51. The van der Waals surface area contributed by atoms with Gasteiger partial charge in [0.05, 0.1) is 24.8 Å². The smallest absolute Gasteiger partial charge is 0.310 e. The number of benzene rings is 1. The minimum absolute atomic E-state index is 0.0812. The highest BCUT2D eigenvalue weighted by Gasteiger charge is 2.13. The minimum atomic E-state index is -0.272. The molecule has 0 aliphatic heterocycles. The Morgan fingerprint density at radius 2 is 2.16 bits per heavy atom.